The number of nitrogens with zero attached hydrogens (tertiary/aromatic N) is 1. The molecule has 2 atom stereocenters. The number of carbonyl (C=O) groups is 1. The molecule has 1 aromatic carbocycles. The van der Waals surface area contributed by atoms with E-state index in [9.17, 15) is 25.1 Å². The van der Waals surface area contributed by atoms with E-state index in [-0.39, 0.29) is 17.9 Å². The number of hydrogen-bond donors (Lipinski definition) is 2. The first-order valence-electron chi connectivity index (χ1n) is 5.66. The highest BCUT2D eigenvalue weighted by Crippen LogP contribution is 2.30. The third kappa shape index (κ3) is 3.27. The topological polar surface area (TPSA) is 110 Å². The minimum absolute atomic E-state index is 0.0402. The van der Waals surface area contributed by atoms with Gasteiger partial charge in [-0.3, -0.25) is 10.1 Å². The molecular weight excluding hydrogens is 254 g/mol. The molecule has 7 heteroatoms. The number of rotatable bonds is 5. The molecule has 0 saturated heterocycles. The molecule has 0 radical (unpaired) electrons. The van der Waals surface area contributed by atoms with Crippen molar-refractivity contribution in [1.82, 2.24) is 0 Å². The van der Waals surface area contributed by atoms with Crippen LogP contribution in [-0.2, 0) is 9.53 Å². The Morgan fingerprint density at radius 2 is 2.11 bits per heavy atom. The fourth-order valence-corrected chi connectivity index (χ4v) is 1.70. The molecule has 0 amide bonds. The summed E-state index contributed by atoms with van der Waals surface area (Å²) in [5.41, 5.74) is -0.110. The first-order chi connectivity index (χ1) is 8.90. The van der Waals surface area contributed by atoms with Crippen LogP contribution in [0.4, 0.5) is 5.69 Å². The number of aliphatic hydroxyl groups excluding tert-OH is 2. The maximum Gasteiger partial charge on any atom is 0.338 e. The van der Waals surface area contributed by atoms with Crippen molar-refractivity contribution in [3.8, 4) is 0 Å². The average Bonchev–Trinajstić information content (AvgIpc) is 2.36. The molecule has 2 N–H and O–H groups in total. The molecule has 7 nitrogen and oxygen atoms in total. The van der Waals surface area contributed by atoms with Gasteiger partial charge in [-0.2, -0.15) is 0 Å². The van der Waals surface area contributed by atoms with E-state index in [0.717, 1.165) is 0 Å². The normalized spacial score (nSPS) is 13.7. The molecule has 0 heterocycles. The number of para-hydroxylation sites is 1. The summed E-state index contributed by atoms with van der Waals surface area (Å²) in [7, 11) is 0. The Kier molecular flexibility index (Phi) is 4.96. The van der Waals surface area contributed by atoms with Crippen LogP contribution in [0.25, 0.3) is 0 Å². The van der Waals surface area contributed by atoms with Gasteiger partial charge in [0.05, 0.1) is 17.1 Å². The number of nitro benzene ring substituents is 1. The van der Waals surface area contributed by atoms with Gasteiger partial charge in [0.15, 0.2) is 6.10 Å². The van der Waals surface area contributed by atoms with Gasteiger partial charge in [0, 0.05) is 5.56 Å². The lowest BCUT2D eigenvalue weighted by atomic mass is 9.99. The van der Waals surface area contributed by atoms with E-state index in [1.807, 2.05) is 0 Å². The highest BCUT2D eigenvalue weighted by molar-refractivity contribution is 5.75. The molecule has 0 aliphatic heterocycles. The van der Waals surface area contributed by atoms with Crippen molar-refractivity contribution in [2.75, 3.05) is 6.61 Å². The standard InChI is InChI=1S/C12H15NO6/c1-3-19-12(16)11(15)10(14)8-6-4-5-7(2)9(8)13(17)18/h4-6,10-11,14-15H,3H2,1-2H3. The predicted octanol–water partition coefficient (Wildman–Crippen LogP) is 0.861. The third-order valence-corrected chi connectivity index (χ3v) is 2.60. The summed E-state index contributed by atoms with van der Waals surface area (Å²) in [6.07, 6.45) is -3.57. The van der Waals surface area contributed by atoms with Crippen molar-refractivity contribution >= 4 is 11.7 Å². The maximum atomic E-state index is 11.3. The molecule has 0 fully saturated rings. The van der Waals surface area contributed by atoms with Gasteiger partial charge in [-0.05, 0) is 19.9 Å². The molecular formula is C12H15NO6. The minimum Gasteiger partial charge on any atom is -0.464 e. The zero-order valence-electron chi connectivity index (χ0n) is 10.6. The summed E-state index contributed by atoms with van der Waals surface area (Å²) in [6, 6.07) is 4.29. The molecule has 0 aliphatic carbocycles. The smallest absolute Gasteiger partial charge is 0.338 e. The molecule has 19 heavy (non-hydrogen) atoms. The van der Waals surface area contributed by atoms with Crippen LogP contribution in [0.15, 0.2) is 18.2 Å². The number of ether oxygens (including phenoxy) is 1. The highest BCUT2D eigenvalue weighted by Gasteiger charge is 2.32. The van der Waals surface area contributed by atoms with Gasteiger partial charge >= 0.3 is 5.97 Å². The summed E-state index contributed by atoms with van der Waals surface area (Å²) < 4.78 is 4.56. The summed E-state index contributed by atoms with van der Waals surface area (Å²) in [5, 5.41) is 30.5. The Bertz CT molecular complexity index is 487. The van der Waals surface area contributed by atoms with Crippen molar-refractivity contribution in [3.05, 3.63) is 39.4 Å². The molecule has 0 spiro atoms. The van der Waals surface area contributed by atoms with Crippen molar-refractivity contribution in [2.45, 2.75) is 26.1 Å². The molecule has 0 aliphatic rings. The van der Waals surface area contributed by atoms with E-state index in [4.69, 9.17) is 0 Å². The Morgan fingerprint density at radius 1 is 1.47 bits per heavy atom. The second kappa shape index (κ2) is 6.26. The fourth-order valence-electron chi connectivity index (χ4n) is 1.70. The number of carbonyl (C=O) groups excluding carboxylic acids is 1. The van der Waals surface area contributed by atoms with E-state index >= 15 is 0 Å². The number of benzene rings is 1. The minimum atomic E-state index is -1.86. The first-order valence-corrected chi connectivity index (χ1v) is 5.66. The zero-order chi connectivity index (χ0) is 14.6. The number of esters is 1. The van der Waals surface area contributed by atoms with Crippen LogP contribution in [0.5, 0.6) is 0 Å². The third-order valence-electron chi connectivity index (χ3n) is 2.60. The second-order valence-electron chi connectivity index (χ2n) is 3.91. The van der Waals surface area contributed by atoms with Gasteiger partial charge in [-0.15, -0.1) is 0 Å². The lowest BCUT2D eigenvalue weighted by Gasteiger charge is -2.17. The largest absolute Gasteiger partial charge is 0.464 e. The summed E-state index contributed by atoms with van der Waals surface area (Å²) in [6.45, 7) is 3.09. The molecule has 0 bridgehead atoms. The fraction of sp³-hybridized carbons (Fsp3) is 0.417. The van der Waals surface area contributed by atoms with E-state index in [1.54, 1.807) is 6.92 Å². The lowest BCUT2D eigenvalue weighted by molar-refractivity contribution is -0.386. The van der Waals surface area contributed by atoms with Gasteiger partial charge in [-0.25, -0.2) is 4.79 Å². The predicted molar refractivity (Wildman–Crippen MR) is 65.4 cm³/mol. The van der Waals surface area contributed by atoms with Crippen molar-refractivity contribution in [3.63, 3.8) is 0 Å². The Labute approximate surface area is 109 Å². The molecule has 1 aromatic rings. The van der Waals surface area contributed by atoms with Gasteiger partial charge < -0.3 is 14.9 Å². The monoisotopic (exact) mass is 269 g/mol. The molecule has 104 valence electrons. The summed E-state index contributed by atoms with van der Waals surface area (Å²) in [5.74, 6) is -1.02. The SMILES string of the molecule is CCOC(=O)C(O)C(O)c1cccc(C)c1[N+](=O)[O-]. The maximum absolute atomic E-state index is 11.3. The summed E-state index contributed by atoms with van der Waals surface area (Å²) in [4.78, 5) is 21.6. The second-order valence-corrected chi connectivity index (χ2v) is 3.91. The molecule has 2 unspecified atom stereocenters. The van der Waals surface area contributed by atoms with Gasteiger partial charge in [-0.1, -0.05) is 12.1 Å². The highest BCUT2D eigenvalue weighted by atomic mass is 16.6. The molecule has 0 saturated carbocycles. The lowest BCUT2D eigenvalue weighted by Crippen LogP contribution is -2.30. The van der Waals surface area contributed by atoms with Crippen LogP contribution in [0.1, 0.15) is 24.2 Å². The van der Waals surface area contributed by atoms with E-state index in [1.165, 1.54) is 25.1 Å². The van der Waals surface area contributed by atoms with E-state index in [0.29, 0.717) is 5.56 Å². The van der Waals surface area contributed by atoms with Gasteiger partial charge in [0.25, 0.3) is 5.69 Å². The first kappa shape index (κ1) is 15.1. The van der Waals surface area contributed by atoms with Crippen molar-refractivity contribution < 1.29 is 24.7 Å². The number of hydrogen-bond acceptors (Lipinski definition) is 6. The van der Waals surface area contributed by atoms with Crippen LogP contribution < -0.4 is 0 Å². The van der Waals surface area contributed by atoms with Gasteiger partial charge in [0.2, 0.25) is 0 Å². The molecule has 1 rings (SSSR count). The quantitative estimate of drug-likeness (QED) is 0.466. The average molecular weight is 269 g/mol. The van der Waals surface area contributed by atoms with Crippen LogP contribution in [0.3, 0.4) is 0 Å². The van der Waals surface area contributed by atoms with Crippen molar-refractivity contribution in [2.24, 2.45) is 0 Å². The zero-order valence-corrected chi connectivity index (χ0v) is 10.6. The summed E-state index contributed by atoms with van der Waals surface area (Å²) >= 11 is 0. The Balaban J connectivity index is 3.12. The molecule has 0 aromatic heterocycles. The Morgan fingerprint density at radius 3 is 2.63 bits per heavy atom. The van der Waals surface area contributed by atoms with E-state index in [2.05, 4.69) is 4.74 Å². The van der Waals surface area contributed by atoms with Crippen LogP contribution in [0.2, 0.25) is 0 Å². The van der Waals surface area contributed by atoms with Crippen LogP contribution in [0, 0.1) is 17.0 Å². The van der Waals surface area contributed by atoms with Gasteiger partial charge in [0.1, 0.15) is 6.10 Å². The Hall–Kier alpha value is -1.99. The van der Waals surface area contributed by atoms with Crippen molar-refractivity contribution in [1.29, 1.82) is 0 Å². The number of aliphatic hydroxyl groups is 2. The number of nitro groups is 1. The van der Waals surface area contributed by atoms with Crippen LogP contribution in [-0.4, -0.2) is 33.8 Å². The van der Waals surface area contributed by atoms with Crippen LogP contribution >= 0.6 is 0 Å². The number of aryl methyl sites for hydroxylation is 1. The van der Waals surface area contributed by atoms with E-state index < -0.39 is 23.1 Å².